The lowest BCUT2D eigenvalue weighted by atomic mass is 9.93. The summed E-state index contributed by atoms with van der Waals surface area (Å²) >= 11 is 0. The van der Waals surface area contributed by atoms with E-state index in [1.54, 1.807) is 29.9 Å². The Hall–Kier alpha value is -2.74. The Morgan fingerprint density at radius 2 is 2.04 bits per heavy atom. The van der Waals surface area contributed by atoms with Gasteiger partial charge in [-0.15, -0.1) is 0 Å². The van der Waals surface area contributed by atoms with Crippen LogP contribution in [-0.2, 0) is 11.8 Å². The second-order valence-corrected chi connectivity index (χ2v) is 7.23. The molecule has 2 amide bonds. The van der Waals surface area contributed by atoms with Crippen molar-refractivity contribution >= 4 is 11.8 Å². The first-order valence-electron chi connectivity index (χ1n) is 9.20. The SMILES string of the molecule is COCCC1(NC(=O)c2ccc(F)cc2)CCN(C(=O)c2cnn(C)c2C)C1. The van der Waals surface area contributed by atoms with Crippen molar-refractivity contribution in [1.29, 1.82) is 0 Å². The Balaban J connectivity index is 1.76. The molecule has 1 unspecified atom stereocenters. The summed E-state index contributed by atoms with van der Waals surface area (Å²) in [5.74, 6) is -0.779. The zero-order valence-corrected chi connectivity index (χ0v) is 16.4. The van der Waals surface area contributed by atoms with E-state index >= 15 is 0 Å². The lowest BCUT2D eigenvalue weighted by Gasteiger charge is -2.30. The summed E-state index contributed by atoms with van der Waals surface area (Å²) in [5, 5.41) is 7.20. The number of ether oxygens (including phenoxy) is 1. The number of amides is 2. The third-order valence-electron chi connectivity index (χ3n) is 5.38. The number of aromatic nitrogens is 2. The fourth-order valence-electron chi connectivity index (χ4n) is 3.51. The number of carbonyl (C=O) groups excluding carboxylic acids is 2. The first-order chi connectivity index (χ1) is 13.3. The Bertz CT molecular complexity index is 865. The highest BCUT2D eigenvalue weighted by molar-refractivity contribution is 5.96. The fourth-order valence-corrected chi connectivity index (χ4v) is 3.51. The molecule has 1 atom stereocenters. The van der Waals surface area contributed by atoms with Gasteiger partial charge < -0.3 is 15.0 Å². The number of hydrogen-bond acceptors (Lipinski definition) is 4. The first-order valence-corrected chi connectivity index (χ1v) is 9.20. The van der Waals surface area contributed by atoms with E-state index in [1.807, 2.05) is 6.92 Å². The molecule has 8 heteroatoms. The molecule has 150 valence electrons. The van der Waals surface area contributed by atoms with E-state index in [1.165, 1.54) is 24.3 Å². The molecule has 2 heterocycles. The predicted octanol–water partition coefficient (Wildman–Crippen LogP) is 1.92. The highest BCUT2D eigenvalue weighted by Crippen LogP contribution is 2.27. The number of methoxy groups -OCH3 is 1. The van der Waals surface area contributed by atoms with Gasteiger partial charge in [0.2, 0.25) is 0 Å². The quantitative estimate of drug-likeness (QED) is 0.820. The molecule has 1 aromatic heterocycles. The maximum absolute atomic E-state index is 13.1. The monoisotopic (exact) mass is 388 g/mol. The Morgan fingerprint density at radius 3 is 2.64 bits per heavy atom. The van der Waals surface area contributed by atoms with Gasteiger partial charge in [-0.1, -0.05) is 0 Å². The molecule has 1 saturated heterocycles. The van der Waals surface area contributed by atoms with Crippen LogP contribution in [0.25, 0.3) is 0 Å². The van der Waals surface area contributed by atoms with E-state index in [-0.39, 0.29) is 11.8 Å². The number of carbonyl (C=O) groups is 2. The normalized spacial score (nSPS) is 19.1. The maximum Gasteiger partial charge on any atom is 0.257 e. The lowest BCUT2D eigenvalue weighted by molar-refractivity contribution is 0.0746. The van der Waals surface area contributed by atoms with Crippen LogP contribution in [0.5, 0.6) is 0 Å². The van der Waals surface area contributed by atoms with Crippen molar-refractivity contribution in [3.05, 3.63) is 53.1 Å². The van der Waals surface area contributed by atoms with Gasteiger partial charge in [-0.2, -0.15) is 5.10 Å². The standard InChI is InChI=1S/C20H25FN4O3/c1-14-17(12-22-24(14)2)19(27)25-10-8-20(13-25,9-11-28-3)23-18(26)15-4-6-16(21)7-5-15/h4-7,12H,8-11,13H2,1-3H3,(H,23,26). The Kier molecular flexibility index (Phi) is 5.79. The summed E-state index contributed by atoms with van der Waals surface area (Å²) in [6, 6.07) is 5.41. The van der Waals surface area contributed by atoms with Crippen LogP contribution in [0.15, 0.2) is 30.5 Å². The van der Waals surface area contributed by atoms with Crippen LogP contribution in [0.3, 0.4) is 0 Å². The van der Waals surface area contributed by atoms with E-state index in [0.717, 1.165) is 5.69 Å². The van der Waals surface area contributed by atoms with Crippen molar-refractivity contribution < 1.29 is 18.7 Å². The zero-order chi connectivity index (χ0) is 20.3. The molecule has 1 N–H and O–H groups in total. The van der Waals surface area contributed by atoms with Crippen LogP contribution in [-0.4, -0.2) is 58.8 Å². The molecule has 28 heavy (non-hydrogen) atoms. The molecule has 0 radical (unpaired) electrons. The second-order valence-electron chi connectivity index (χ2n) is 7.23. The summed E-state index contributed by atoms with van der Waals surface area (Å²) in [6.45, 7) is 3.22. The van der Waals surface area contributed by atoms with Crippen molar-refractivity contribution in [2.45, 2.75) is 25.3 Å². The number of hydrogen-bond donors (Lipinski definition) is 1. The van der Waals surface area contributed by atoms with Crippen molar-refractivity contribution in [2.75, 3.05) is 26.8 Å². The number of halogens is 1. The molecule has 1 aliphatic heterocycles. The van der Waals surface area contributed by atoms with E-state index in [9.17, 15) is 14.0 Å². The second kappa shape index (κ2) is 8.10. The van der Waals surface area contributed by atoms with Crippen molar-refractivity contribution in [3.8, 4) is 0 Å². The van der Waals surface area contributed by atoms with Crippen LogP contribution in [0.4, 0.5) is 4.39 Å². The summed E-state index contributed by atoms with van der Waals surface area (Å²) in [7, 11) is 3.40. The van der Waals surface area contributed by atoms with Crippen molar-refractivity contribution in [2.24, 2.45) is 7.05 Å². The average Bonchev–Trinajstić information content (AvgIpc) is 3.24. The number of rotatable bonds is 6. The van der Waals surface area contributed by atoms with E-state index in [0.29, 0.717) is 43.7 Å². The van der Waals surface area contributed by atoms with Crippen molar-refractivity contribution in [3.63, 3.8) is 0 Å². The smallest absolute Gasteiger partial charge is 0.257 e. The van der Waals surface area contributed by atoms with Crippen LogP contribution < -0.4 is 5.32 Å². The number of nitrogens with zero attached hydrogens (tertiary/aromatic N) is 3. The van der Waals surface area contributed by atoms with E-state index in [2.05, 4.69) is 10.4 Å². The Labute approximate surface area is 163 Å². The van der Waals surface area contributed by atoms with Crippen LogP contribution >= 0.6 is 0 Å². The van der Waals surface area contributed by atoms with Crippen LogP contribution in [0.2, 0.25) is 0 Å². The molecule has 1 aromatic carbocycles. The highest BCUT2D eigenvalue weighted by Gasteiger charge is 2.41. The van der Waals surface area contributed by atoms with Crippen molar-refractivity contribution in [1.82, 2.24) is 20.0 Å². The molecule has 0 bridgehead atoms. The third-order valence-corrected chi connectivity index (χ3v) is 5.38. The zero-order valence-electron chi connectivity index (χ0n) is 16.4. The minimum absolute atomic E-state index is 0.0964. The van der Waals surface area contributed by atoms with Gasteiger partial charge in [0, 0.05) is 45.1 Å². The minimum Gasteiger partial charge on any atom is -0.385 e. The molecular weight excluding hydrogens is 363 g/mol. The van der Waals surface area contributed by atoms with E-state index in [4.69, 9.17) is 4.74 Å². The predicted molar refractivity (Wildman–Crippen MR) is 102 cm³/mol. The van der Waals surface area contributed by atoms with Gasteiger partial charge >= 0.3 is 0 Å². The average molecular weight is 388 g/mol. The minimum atomic E-state index is -0.590. The summed E-state index contributed by atoms with van der Waals surface area (Å²) in [5.41, 5.74) is 1.16. The molecule has 3 rings (SSSR count). The maximum atomic E-state index is 13.1. The van der Waals surface area contributed by atoms with Gasteiger partial charge in [-0.3, -0.25) is 14.3 Å². The number of benzene rings is 1. The summed E-state index contributed by atoms with van der Waals surface area (Å²) in [6.07, 6.45) is 2.77. The largest absolute Gasteiger partial charge is 0.385 e. The third kappa shape index (κ3) is 4.06. The molecule has 2 aromatic rings. The van der Waals surface area contributed by atoms with Gasteiger partial charge in [0.1, 0.15) is 5.82 Å². The lowest BCUT2D eigenvalue weighted by Crippen LogP contribution is -2.51. The highest BCUT2D eigenvalue weighted by atomic mass is 19.1. The molecule has 7 nitrogen and oxygen atoms in total. The van der Waals surface area contributed by atoms with Gasteiger partial charge in [-0.25, -0.2) is 4.39 Å². The molecule has 1 aliphatic rings. The summed E-state index contributed by atoms with van der Waals surface area (Å²) in [4.78, 5) is 27.4. The fraction of sp³-hybridized carbons (Fsp3) is 0.450. The molecule has 0 saturated carbocycles. The molecule has 0 aliphatic carbocycles. The number of aryl methyl sites for hydroxylation is 1. The molecular formula is C20H25FN4O3. The van der Waals surface area contributed by atoms with Gasteiger partial charge in [0.25, 0.3) is 11.8 Å². The van der Waals surface area contributed by atoms with Gasteiger partial charge in [-0.05, 0) is 44.0 Å². The molecule has 0 spiro atoms. The number of likely N-dealkylation sites (tertiary alicyclic amines) is 1. The van der Waals surface area contributed by atoms with Gasteiger partial charge in [0.05, 0.1) is 17.3 Å². The van der Waals surface area contributed by atoms with E-state index < -0.39 is 11.4 Å². The van der Waals surface area contributed by atoms with Crippen LogP contribution in [0.1, 0.15) is 39.3 Å². The Morgan fingerprint density at radius 1 is 1.32 bits per heavy atom. The first kappa shape index (κ1) is 20.0. The summed E-state index contributed by atoms with van der Waals surface area (Å²) < 4.78 is 20.0. The number of nitrogens with one attached hydrogen (secondary N) is 1. The van der Waals surface area contributed by atoms with Gasteiger partial charge in [0.15, 0.2) is 0 Å². The van der Waals surface area contributed by atoms with Crippen LogP contribution in [0, 0.1) is 12.7 Å². The molecule has 1 fully saturated rings. The topological polar surface area (TPSA) is 76.5 Å².